The van der Waals surface area contributed by atoms with Crippen LogP contribution < -0.4 is 5.32 Å². The first-order valence-corrected chi connectivity index (χ1v) is 7.92. The van der Waals surface area contributed by atoms with E-state index in [-0.39, 0.29) is 0 Å². The maximum absolute atomic E-state index is 5.34. The fourth-order valence-corrected chi connectivity index (χ4v) is 2.00. The number of hydrogen-bond donors (Lipinski definition) is 1. The lowest BCUT2D eigenvalue weighted by Crippen LogP contribution is -2.12. The zero-order valence-corrected chi connectivity index (χ0v) is 12.5. The third-order valence-electron chi connectivity index (χ3n) is 2.84. The Labute approximate surface area is 115 Å². The molecule has 1 rings (SSSR count). The number of aryl methyl sites for hydroxylation is 1. The van der Waals surface area contributed by atoms with E-state index in [1.165, 1.54) is 0 Å². The minimum Gasteiger partial charge on any atom is -0.382 e. The van der Waals surface area contributed by atoms with Gasteiger partial charge in [-0.15, -0.1) is 0 Å². The van der Waals surface area contributed by atoms with Crippen LogP contribution in [0.3, 0.4) is 0 Å². The van der Waals surface area contributed by atoms with E-state index < -0.39 is 0 Å². The van der Waals surface area contributed by atoms with Crippen LogP contribution in [0.5, 0.6) is 0 Å². The lowest BCUT2D eigenvalue weighted by Gasteiger charge is -2.11. The van der Waals surface area contributed by atoms with Gasteiger partial charge in [-0.25, -0.2) is 4.98 Å². The van der Waals surface area contributed by atoms with Crippen molar-refractivity contribution in [3.05, 3.63) is 12.4 Å². The highest BCUT2D eigenvalue weighted by molar-refractivity contribution is 7.99. The Hall–Kier alpha value is -0.680. The van der Waals surface area contributed by atoms with Crippen LogP contribution in [-0.2, 0) is 11.3 Å². The fraction of sp³-hybridized carbons (Fsp3) is 0.769. The fourth-order valence-electron chi connectivity index (χ4n) is 1.64. The first kappa shape index (κ1) is 15.4. The summed E-state index contributed by atoms with van der Waals surface area (Å²) in [5, 5.41) is 4.09. The van der Waals surface area contributed by atoms with E-state index in [2.05, 4.69) is 28.0 Å². The van der Waals surface area contributed by atoms with Gasteiger partial charge in [-0.05, 0) is 26.0 Å². The van der Waals surface area contributed by atoms with Gasteiger partial charge in [0.15, 0.2) is 0 Å². The van der Waals surface area contributed by atoms with E-state index in [1.807, 2.05) is 31.1 Å². The molecule has 0 aromatic carbocycles. The molecule has 1 heterocycles. The SMILES string of the molecule is CCOCCCn1ccnc1NCCC(C)SC. The Kier molecular flexibility index (Phi) is 7.93. The number of imidazole rings is 1. The van der Waals surface area contributed by atoms with Crippen LogP contribution in [0.2, 0.25) is 0 Å². The number of rotatable bonds is 10. The van der Waals surface area contributed by atoms with Gasteiger partial charge in [0.05, 0.1) is 0 Å². The molecule has 1 aromatic rings. The summed E-state index contributed by atoms with van der Waals surface area (Å²) in [6.07, 6.45) is 8.21. The maximum Gasteiger partial charge on any atom is 0.202 e. The highest BCUT2D eigenvalue weighted by atomic mass is 32.2. The Bertz CT molecular complexity index is 317. The van der Waals surface area contributed by atoms with Crippen molar-refractivity contribution in [3.63, 3.8) is 0 Å². The Morgan fingerprint density at radius 2 is 2.39 bits per heavy atom. The quantitative estimate of drug-likeness (QED) is 0.664. The molecule has 0 saturated carbocycles. The molecule has 0 radical (unpaired) electrons. The Morgan fingerprint density at radius 3 is 3.11 bits per heavy atom. The Balaban J connectivity index is 2.26. The molecule has 1 atom stereocenters. The summed E-state index contributed by atoms with van der Waals surface area (Å²) in [6, 6.07) is 0. The van der Waals surface area contributed by atoms with Crippen molar-refractivity contribution in [2.75, 3.05) is 31.3 Å². The maximum atomic E-state index is 5.34. The molecule has 5 heteroatoms. The van der Waals surface area contributed by atoms with E-state index in [0.29, 0.717) is 5.25 Å². The van der Waals surface area contributed by atoms with Crippen LogP contribution in [0, 0.1) is 0 Å². The molecule has 0 spiro atoms. The van der Waals surface area contributed by atoms with Gasteiger partial charge in [0.25, 0.3) is 0 Å². The molecule has 0 amide bonds. The van der Waals surface area contributed by atoms with Gasteiger partial charge in [0, 0.05) is 43.9 Å². The highest BCUT2D eigenvalue weighted by Crippen LogP contribution is 2.11. The van der Waals surface area contributed by atoms with Crippen LogP contribution in [0.25, 0.3) is 0 Å². The third kappa shape index (κ3) is 5.78. The molecule has 0 bridgehead atoms. The predicted molar refractivity (Wildman–Crippen MR) is 79.4 cm³/mol. The molecular weight excluding hydrogens is 246 g/mol. The number of nitrogens with one attached hydrogen (secondary N) is 1. The van der Waals surface area contributed by atoms with E-state index >= 15 is 0 Å². The number of anilines is 1. The Morgan fingerprint density at radius 1 is 1.56 bits per heavy atom. The topological polar surface area (TPSA) is 39.1 Å². The minimum atomic E-state index is 0.693. The van der Waals surface area contributed by atoms with Gasteiger partial charge >= 0.3 is 0 Å². The van der Waals surface area contributed by atoms with Crippen molar-refractivity contribution in [2.45, 2.75) is 38.5 Å². The standard InChI is InChI=1S/C13H25N3OS/c1-4-17-11-5-9-16-10-8-15-13(16)14-7-6-12(2)18-3/h8,10,12H,4-7,9,11H2,1-3H3,(H,14,15). The molecule has 0 aliphatic carbocycles. The molecule has 1 aromatic heterocycles. The first-order valence-electron chi connectivity index (χ1n) is 6.63. The van der Waals surface area contributed by atoms with Crippen LogP contribution in [-0.4, -0.2) is 40.8 Å². The highest BCUT2D eigenvalue weighted by Gasteiger charge is 2.03. The van der Waals surface area contributed by atoms with E-state index in [0.717, 1.165) is 45.1 Å². The number of aromatic nitrogens is 2. The van der Waals surface area contributed by atoms with Crippen molar-refractivity contribution in [1.82, 2.24) is 9.55 Å². The average molecular weight is 271 g/mol. The van der Waals surface area contributed by atoms with E-state index in [4.69, 9.17) is 4.74 Å². The van der Waals surface area contributed by atoms with E-state index in [1.54, 1.807) is 0 Å². The molecule has 0 aliphatic rings. The number of nitrogens with zero attached hydrogens (tertiary/aromatic N) is 2. The minimum absolute atomic E-state index is 0.693. The van der Waals surface area contributed by atoms with Gasteiger partial charge in [-0.2, -0.15) is 11.8 Å². The summed E-state index contributed by atoms with van der Waals surface area (Å²) in [5.41, 5.74) is 0. The number of thioether (sulfide) groups is 1. The molecule has 0 fully saturated rings. The number of ether oxygens (including phenoxy) is 1. The molecule has 0 saturated heterocycles. The summed E-state index contributed by atoms with van der Waals surface area (Å²) in [7, 11) is 0. The van der Waals surface area contributed by atoms with E-state index in [9.17, 15) is 0 Å². The van der Waals surface area contributed by atoms with Gasteiger partial charge in [0.2, 0.25) is 5.95 Å². The summed E-state index contributed by atoms with van der Waals surface area (Å²) >= 11 is 1.90. The number of hydrogen-bond acceptors (Lipinski definition) is 4. The second-order valence-corrected chi connectivity index (χ2v) is 5.53. The first-order chi connectivity index (χ1) is 8.77. The summed E-state index contributed by atoms with van der Waals surface area (Å²) in [4.78, 5) is 4.34. The van der Waals surface area contributed by atoms with Crippen molar-refractivity contribution in [3.8, 4) is 0 Å². The van der Waals surface area contributed by atoms with Crippen molar-refractivity contribution >= 4 is 17.7 Å². The predicted octanol–water partition coefficient (Wildman–Crippen LogP) is 2.86. The second-order valence-electron chi connectivity index (χ2n) is 4.26. The van der Waals surface area contributed by atoms with Crippen molar-refractivity contribution in [1.29, 1.82) is 0 Å². The lowest BCUT2D eigenvalue weighted by molar-refractivity contribution is 0.142. The molecule has 104 valence electrons. The van der Waals surface area contributed by atoms with Gasteiger partial charge in [-0.3, -0.25) is 0 Å². The largest absolute Gasteiger partial charge is 0.382 e. The molecular formula is C13H25N3OS. The zero-order valence-electron chi connectivity index (χ0n) is 11.7. The molecule has 18 heavy (non-hydrogen) atoms. The van der Waals surface area contributed by atoms with Crippen LogP contribution in [0.4, 0.5) is 5.95 Å². The second kappa shape index (κ2) is 9.28. The average Bonchev–Trinajstić information content (AvgIpc) is 2.82. The summed E-state index contributed by atoms with van der Waals surface area (Å²) in [6.45, 7) is 7.82. The third-order valence-corrected chi connectivity index (χ3v) is 3.88. The molecule has 4 nitrogen and oxygen atoms in total. The van der Waals surface area contributed by atoms with Gasteiger partial charge in [-0.1, -0.05) is 6.92 Å². The molecule has 1 unspecified atom stereocenters. The molecule has 1 N–H and O–H groups in total. The van der Waals surface area contributed by atoms with Gasteiger partial charge < -0.3 is 14.6 Å². The lowest BCUT2D eigenvalue weighted by atomic mass is 10.3. The van der Waals surface area contributed by atoms with Crippen molar-refractivity contribution < 1.29 is 4.74 Å². The van der Waals surface area contributed by atoms with Crippen LogP contribution in [0.15, 0.2) is 12.4 Å². The smallest absolute Gasteiger partial charge is 0.202 e. The van der Waals surface area contributed by atoms with Crippen molar-refractivity contribution in [2.24, 2.45) is 0 Å². The van der Waals surface area contributed by atoms with Gasteiger partial charge in [0.1, 0.15) is 0 Å². The van der Waals surface area contributed by atoms with Crippen LogP contribution in [0.1, 0.15) is 26.7 Å². The zero-order chi connectivity index (χ0) is 13.2. The molecule has 0 aliphatic heterocycles. The summed E-state index contributed by atoms with van der Waals surface area (Å²) in [5.74, 6) is 0.972. The summed E-state index contributed by atoms with van der Waals surface area (Å²) < 4.78 is 7.50. The van der Waals surface area contributed by atoms with Crippen LogP contribution >= 0.6 is 11.8 Å². The monoisotopic (exact) mass is 271 g/mol. The normalized spacial score (nSPS) is 12.6.